The van der Waals surface area contributed by atoms with E-state index in [0.29, 0.717) is 23.7 Å². The van der Waals surface area contributed by atoms with Gasteiger partial charge in [-0.05, 0) is 49.0 Å². The molecule has 8 heteroatoms. The number of hydrogen-bond donors (Lipinski definition) is 2. The third-order valence-corrected chi connectivity index (χ3v) is 5.04. The van der Waals surface area contributed by atoms with Crippen LogP contribution in [0, 0.1) is 13.8 Å². The van der Waals surface area contributed by atoms with E-state index in [0.717, 1.165) is 5.69 Å². The Morgan fingerprint density at radius 3 is 2.67 bits per heavy atom. The third kappa shape index (κ3) is 3.63. The number of aryl methyl sites for hydroxylation is 2. The molecule has 0 aromatic carbocycles. The molecule has 0 saturated carbocycles. The van der Waals surface area contributed by atoms with Crippen LogP contribution >= 0.6 is 15.9 Å². The van der Waals surface area contributed by atoms with Gasteiger partial charge in [0.1, 0.15) is 10.7 Å². The highest BCUT2D eigenvalue weighted by molar-refractivity contribution is 9.10. The fourth-order valence-electron chi connectivity index (χ4n) is 1.84. The molecular formula is C13H16BrN3O3S. The number of pyridine rings is 1. The second-order valence-corrected chi connectivity index (χ2v) is 6.94. The summed E-state index contributed by atoms with van der Waals surface area (Å²) in [6.07, 6.45) is 0. The van der Waals surface area contributed by atoms with Gasteiger partial charge in [-0.1, -0.05) is 0 Å². The molecule has 0 fully saturated rings. The monoisotopic (exact) mass is 373 g/mol. The molecule has 0 bridgehead atoms. The van der Waals surface area contributed by atoms with Crippen molar-refractivity contribution >= 4 is 31.6 Å². The number of halogens is 1. The number of furan rings is 1. The molecule has 114 valence electrons. The lowest BCUT2D eigenvalue weighted by atomic mass is 10.3. The average molecular weight is 374 g/mol. The topological polar surface area (TPSA) is 84.2 Å². The van der Waals surface area contributed by atoms with Crippen LogP contribution in [0.2, 0.25) is 0 Å². The normalized spacial score (nSPS) is 11.6. The second kappa shape index (κ2) is 6.17. The quantitative estimate of drug-likeness (QED) is 0.841. The number of nitrogens with one attached hydrogen (secondary N) is 2. The van der Waals surface area contributed by atoms with Crippen LogP contribution in [-0.2, 0) is 16.6 Å². The predicted octanol–water partition coefficient (Wildman–Crippen LogP) is 2.57. The molecule has 0 aliphatic carbocycles. The van der Waals surface area contributed by atoms with E-state index >= 15 is 0 Å². The summed E-state index contributed by atoms with van der Waals surface area (Å²) in [6, 6.07) is 4.93. The van der Waals surface area contributed by atoms with Gasteiger partial charge in [-0.2, -0.15) is 0 Å². The Morgan fingerprint density at radius 1 is 1.33 bits per heavy atom. The van der Waals surface area contributed by atoms with Gasteiger partial charge in [-0.15, -0.1) is 0 Å². The summed E-state index contributed by atoms with van der Waals surface area (Å²) in [5.74, 6) is 0.531. The van der Waals surface area contributed by atoms with Crippen molar-refractivity contribution in [2.75, 3.05) is 11.8 Å². The molecule has 0 atom stereocenters. The molecule has 0 aliphatic heterocycles. The minimum atomic E-state index is -3.74. The predicted molar refractivity (Wildman–Crippen MR) is 83.7 cm³/mol. The van der Waals surface area contributed by atoms with Gasteiger partial charge >= 0.3 is 0 Å². The van der Waals surface area contributed by atoms with Crippen LogP contribution in [0.4, 0.5) is 5.69 Å². The van der Waals surface area contributed by atoms with Crippen molar-refractivity contribution in [2.24, 2.45) is 0 Å². The van der Waals surface area contributed by atoms with Gasteiger partial charge < -0.3 is 9.73 Å². The van der Waals surface area contributed by atoms with E-state index < -0.39 is 10.0 Å². The van der Waals surface area contributed by atoms with Crippen molar-refractivity contribution in [3.8, 4) is 0 Å². The van der Waals surface area contributed by atoms with Crippen LogP contribution in [0.25, 0.3) is 0 Å². The van der Waals surface area contributed by atoms with Crippen molar-refractivity contribution < 1.29 is 12.8 Å². The van der Waals surface area contributed by atoms with E-state index in [1.807, 2.05) is 6.92 Å². The van der Waals surface area contributed by atoms with Crippen molar-refractivity contribution in [1.29, 1.82) is 0 Å². The smallest absolute Gasteiger partial charge is 0.266 e. The lowest BCUT2D eigenvalue weighted by Gasteiger charge is -2.09. The second-order valence-electron chi connectivity index (χ2n) is 4.57. The zero-order valence-corrected chi connectivity index (χ0v) is 14.3. The van der Waals surface area contributed by atoms with Crippen LogP contribution in [-0.4, -0.2) is 20.4 Å². The maximum absolute atomic E-state index is 12.4. The van der Waals surface area contributed by atoms with Crippen molar-refractivity contribution in [2.45, 2.75) is 25.3 Å². The number of nitrogens with zero attached hydrogens (tertiary/aromatic N) is 1. The Balaban J connectivity index is 2.34. The average Bonchev–Trinajstić information content (AvgIpc) is 2.75. The van der Waals surface area contributed by atoms with Crippen LogP contribution < -0.4 is 10.0 Å². The first-order valence-corrected chi connectivity index (χ1v) is 8.51. The van der Waals surface area contributed by atoms with E-state index in [9.17, 15) is 8.42 Å². The highest BCUT2D eigenvalue weighted by Crippen LogP contribution is 2.28. The number of sulfonamides is 1. The molecule has 2 aromatic heterocycles. The molecule has 0 amide bonds. The molecule has 0 unspecified atom stereocenters. The largest absolute Gasteiger partial charge is 0.451 e. The maximum Gasteiger partial charge on any atom is 0.266 e. The summed E-state index contributed by atoms with van der Waals surface area (Å²) < 4.78 is 32.9. The molecule has 2 rings (SSSR count). The number of rotatable bonds is 5. The molecule has 2 N–H and O–H groups in total. The standard InChI is InChI=1S/C13H16BrN3O3S/c1-8-4-5-11(9(2)16-8)17-21(18,19)12-6-10(7-15-3)20-13(12)14/h4-6,15,17H,7H2,1-3H3. The van der Waals surface area contributed by atoms with Crippen molar-refractivity contribution in [3.63, 3.8) is 0 Å². The SMILES string of the molecule is CNCc1cc(S(=O)(=O)Nc2ccc(C)nc2C)c(Br)o1. The fraction of sp³-hybridized carbons (Fsp3) is 0.308. The van der Waals surface area contributed by atoms with Gasteiger partial charge in [0.05, 0.1) is 17.9 Å². The zero-order chi connectivity index (χ0) is 15.6. The lowest BCUT2D eigenvalue weighted by Crippen LogP contribution is -2.14. The summed E-state index contributed by atoms with van der Waals surface area (Å²) in [7, 11) is -1.98. The van der Waals surface area contributed by atoms with Gasteiger partial charge in [0.25, 0.3) is 10.0 Å². The first-order chi connectivity index (χ1) is 9.83. The van der Waals surface area contributed by atoms with Gasteiger partial charge in [0, 0.05) is 11.8 Å². The summed E-state index contributed by atoms with van der Waals surface area (Å²) in [5.41, 5.74) is 1.90. The Labute approximate surface area is 132 Å². The van der Waals surface area contributed by atoms with E-state index in [-0.39, 0.29) is 9.56 Å². The number of anilines is 1. The zero-order valence-electron chi connectivity index (χ0n) is 11.9. The van der Waals surface area contributed by atoms with Gasteiger partial charge in [0.2, 0.25) is 0 Å². The van der Waals surface area contributed by atoms with Crippen molar-refractivity contribution in [3.05, 3.63) is 40.0 Å². The summed E-state index contributed by atoms with van der Waals surface area (Å²) >= 11 is 3.14. The van der Waals surface area contributed by atoms with Crippen LogP contribution in [0.5, 0.6) is 0 Å². The number of hydrogen-bond acceptors (Lipinski definition) is 5. The molecule has 0 saturated heterocycles. The van der Waals surface area contributed by atoms with E-state index in [1.54, 1.807) is 26.1 Å². The van der Waals surface area contributed by atoms with Crippen LogP contribution in [0.3, 0.4) is 0 Å². The molecular weight excluding hydrogens is 358 g/mol. The van der Waals surface area contributed by atoms with Gasteiger partial charge in [0.15, 0.2) is 4.67 Å². The van der Waals surface area contributed by atoms with E-state index in [1.165, 1.54) is 6.07 Å². The number of aromatic nitrogens is 1. The minimum Gasteiger partial charge on any atom is -0.451 e. The molecule has 0 spiro atoms. The lowest BCUT2D eigenvalue weighted by molar-refractivity contribution is 0.470. The molecule has 0 aliphatic rings. The molecule has 0 radical (unpaired) electrons. The van der Waals surface area contributed by atoms with Crippen LogP contribution in [0.1, 0.15) is 17.1 Å². The molecule has 2 heterocycles. The highest BCUT2D eigenvalue weighted by atomic mass is 79.9. The Morgan fingerprint density at radius 2 is 2.05 bits per heavy atom. The molecule has 6 nitrogen and oxygen atoms in total. The molecule has 2 aromatic rings. The summed E-state index contributed by atoms with van der Waals surface area (Å²) in [6.45, 7) is 4.04. The Hall–Kier alpha value is -1.38. The minimum absolute atomic E-state index is 0.0627. The first-order valence-electron chi connectivity index (χ1n) is 6.23. The highest BCUT2D eigenvalue weighted by Gasteiger charge is 2.23. The fourth-order valence-corrected chi connectivity index (χ4v) is 3.95. The van der Waals surface area contributed by atoms with Crippen molar-refractivity contribution in [1.82, 2.24) is 10.3 Å². The molecule has 21 heavy (non-hydrogen) atoms. The van der Waals surface area contributed by atoms with Crippen LogP contribution in [0.15, 0.2) is 32.2 Å². The van der Waals surface area contributed by atoms with Gasteiger partial charge in [-0.3, -0.25) is 9.71 Å². The third-order valence-electron chi connectivity index (χ3n) is 2.82. The Bertz CT molecular complexity index is 756. The van der Waals surface area contributed by atoms with E-state index in [4.69, 9.17) is 4.42 Å². The summed E-state index contributed by atoms with van der Waals surface area (Å²) in [5, 5.41) is 2.90. The Kier molecular flexibility index (Phi) is 4.70. The van der Waals surface area contributed by atoms with E-state index in [2.05, 4.69) is 31.0 Å². The first kappa shape index (κ1) is 16.0. The maximum atomic E-state index is 12.4. The summed E-state index contributed by atoms with van der Waals surface area (Å²) in [4.78, 5) is 4.30. The van der Waals surface area contributed by atoms with Gasteiger partial charge in [-0.25, -0.2) is 8.42 Å².